The monoisotopic (exact) mass is 554 g/mol. The molecular formula is C25H26F4N4O4S. The molecule has 0 saturated heterocycles. The van der Waals surface area contributed by atoms with E-state index in [0.717, 1.165) is 0 Å². The van der Waals surface area contributed by atoms with Gasteiger partial charge in [0.2, 0.25) is 23.5 Å². The molecule has 2 aromatic rings. The van der Waals surface area contributed by atoms with Crippen LogP contribution in [-0.2, 0) is 32.1 Å². The Balaban J connectivity index is 1.46. The average molecular weight is 555 g/mol. The van der Waals surface area contributed by atoms with E-state index in [4.69, 9.17) is 0 Å². The highest BCUT2D eigenvalue weighted by atomic mass is 32.1. The molecule has 0 aliphatic heterocycles. The number of ketones is 1. The number of halogens is 4. The first-order valence-electron chi connectivity index (χ1n) is 12.0. The van der Waals surface area contributed by atoms with Crippen LogP contribution in [0, 0.1) is 5.92 Å². The third-order valence-corrected chi connectivity index (χ3v) is 7.37. The summed E-state index contributed by atoms with van der Waals surface area (Å²) in [6.07, 6.45) is -1.90. The van der Waals surface area contributed by atoms with Crippen LogP contribution in [0.4, 0.5) is 17.6 Å². The van der Waals surface area contributed by atoms with Gasteiger partial charge in [-0.15, -0.1) is 11.3 Å². The van der Waals surface area contributed by atoms with E-state index >= 15 is 0 Å². The smallest absolute Gasteiger partial charge is 0.289 e. The molecule has 2 fully saturated rings. The molecule has 38 heavy (non-hydrogen) atoms. The molecule has 4 rings (SSSR count). The van der Waals surface area contributed by atoms with Gasteiger partial charge in [-0.1, -0.05) is 30.3 Å². The van der Waals surface area contributed by atoms with E-state index in [1.54, 1.807) is 35.7 Å². The first-order valence-corrected chi connectivity index (χ1v) is 12.9. The summed E-state index contributed by atoms with van der Waals surface area (Å²) in [7, 11) is 0. The van der Waals surface area contributed by atoms with E-state index in [1.165, 1.54) is 17.5 Å². The molecule has 204 valence electrons. The molecule has 1 aromatic heterocycles. The molecule has 0 bridgehead atoms. The standard InChI is InChI=1S/C25H26F4N4O4S/c26-24(27)10-16(11-24)9-18(34)33-23(13-25(28,29)14-23)22(37)32-17(8-15-4-2-1-3-5-15)20(35)21(36)31-12-19-30-6-7-38-19/h1-7,16-17H,8-14H2,(H,31,36)(H,32,37)(H,33,34)/t17-/m1/s1. The Morgan fingerprint density at radius 2 is 1.71 bits per heavy atom. The highest BCUT2D eigenvalue weighted by Gasteiger charge is 2.62. The molecular weight excluding hydrogens is 528 g/mol. The first kappa shape index (κ1) is 27.7. The van der Waals surface area contributed by atoms with Crippen LogP contribution in [0.5, 0.6) is 0 Å². The van der Waals surface area contributed by atoms with Crippen LogP contribution in [0.2, 0.25) is 0 Å². The van der Waals surface area contributed by atoms with E-state index in [1.807, 2.05) is 0 Å². The number of benzene rings is 1. The Morgan fingerprint density at radius 3 is 2.29 bits per heavy atom. The van der Waals surface area contributed by atoms with Crippen LogP contribution in [0.15, 0.2) is 41.9 Å². The number of Topliss-reactive ketones (excluding diaryl/α,β-unsaturated/α-hetero) is 1. The molecule has 2 saturated carbocycles. The van der Waals surface area contributed by atoms with Crippen molar-refractivity contribution >= 4 is 34.8 Å². The van der Waals surface area contributed by atoms with Gasteiger partial charge >= 0.3 is 0 Å². The zero-order chi connectivity index (χ0) is 27.6. The highest BCUT2D eigenvalue weighted by molar-refractivity contribution is 7.09. The molecule has 0 unspecified atom stereocenters. The van der Waals surface area contributed by atoms with E-state index in [2.05, 4.69) is 20.9 Å². The van der Waals surface area contributed by atoms with E-state index in [9.17, 15) is 36.7 Å². The lowest BCUT2D eigenvalue weighted by Crippen LogP contribution is -2.71. The lowest BCUT2D eigenvalue weighted by Gasteiger charge is -2.47. The van der Waals surface area contributed by atoms with Crippen LogP contribution in [0.3, 0.4) is 0 Å². The SMILES string of the molecule is O=C(CC1CC(F)(F)C1)NC1(C(=O)N[C@H](Cc2ccccc2)C(=O)C(=O)NCc2nccs2)CC(F)(F)C1. The van der Waals surface area contributed by atoms with Crippen LogP contribution in [0.1, 0.15) is 42.7 Å². The van der Waals surface area contributed by atoms with Gasteiger partial charge in [0.25, 0.3) is 11.8 Å². The van der Waals surface area contributed by atoms with Gasteiger partial charge in [0, 0.05) is 50.1 Å². The summed E-state index contributed by atoms with van der Waals surface area (Å²) in [5.41, 5.74) is -1.43. The normalized spacial score (nSPS) is 19.8. The van der Waals surface area contributed by atoms with Gasteiger partial charge < -0.3 is 16.0 Å². The molecule has 2 aliphatic rings. The predicted octanol–water partition coefficient (Wildman–Crippen LogP) is 2.78. The molecule has 1 aromatic carbocycles. The largest absolute Gasteiger partial charge is 0.343 e. The molecule has 8 nitrogen and oxygen atoms in total. The Kier molecular flexibility index (Phi) is 7.86. The third-order valence-electron chi connectivity index (χ3n) is 6.59. The summed E-state index contributed by atoms with van der Waals surface area (Å²) in [4.78, 5) is 55.4. The number of carbonyl (C=O) groups excluding carboxylic acids is 4. The second kappa shape index (κ2) is 10.8. The van der Waals surface area contributed by atoms with Crippen molar-refractivity contribution in [2.45, 2.75) is 68.5 Å². The zero-order valence-electron chi connectivity index (χ0n) is 20.1. The Morgan fingerprint density at radius 1 is 1.03 bits per heavy atom. The van der Waals surface area contributed by atoms with Crippen molar-refractivity contribution in [3.8, 4) is 0 Å². The van der Waals surface area contributed by atoms with E-state index in [-0.39, 0.29) is 19.4 Å². The van der Waals surface area contributed by atoms with Crippen molar-refractivity contribution in [3.63, 3.8) is 0 Å². The Hall–Kier alpha value is -3.35. The average Bonchev–Trinajstić information content (AvgIpc) is 3.33. The van der Waals surface area contributed by atoms with Crippen LogP contribution >= 0.6 is 11.3 Å². The fraction of sp³-hybridized carbons (Fsp3) is 0.480. The summed E-state index contributed by atoms with van der Waals surface area (Å²) in [5.74, 6) is -10.5. The van der Waals surface area contributed by atoms with Crippen LogP contribution in [-0.4, -0.2) is 51.9 Å². The van der Waals surface area contributed by atoms with Gasteiger partial charge in [-0.3, -0.25) is 19.2 Å². The molecule has 1 heterocycles. The fourth-order valence-corrected chi connectivity index (χ4v) is 5.30. The Bertz CT molecular complexity index is 1180. The number of alkyl halides is 4. The molecule has 2 aliphatic carbocycles. The summed E-state index contributed by atoms with van der Waals surface area (Å²) in [6.45, 7) is -0.0132. The summed E-state index contributed by atoms with van der Waals surface area (Å²) < 4.78 is 54.1. The third kappa shape index (κ3) is 6.74. The number of hydrogen-bond acceptors (Lipinski definition) is 6. The van der Waals surface area contributed by atoms with E-state index < -0.39 is 78.5 Å². The minimum Gasteiger partial charge on any atom is -0.343 e. The molecule has 1 atom stereocenters. The van der Waals surface area contributed by atoms with Crippen molar-refractivity contribution < 1.29 is 36.7 Å². The maximum Gasteiger partial charge on any atom is 0.289 e. The zero-order valence-corrected chi connectivity index (χ0v) is 21.0. The van der Waals surface area contributed by atoms with Crippen LogP contribution in [0.25, 0.3) is 0 Å². The Labute approximate surface area is 219 Å². The highest BCUT2D eigenvalue weighted by Crippen LogP contribution is 2.47. The number of hydrogen-bond donors (Lipinski definition) is 3. The quantitative estimate of drug-likeness (QED) is 0.292. The molecule has 3 N–H and O–H groups in total. The van der Waals surface area contributed by atoms with Crippen molar-refractivity contribution in [1.29, 1.82) is 0 Å². The van der Waals surface area contributed by atoms with Crippen molar-refractivity contribution in [2.24, 2.45) is 5.92 Å². The lowest BCUT2D eigenvalue weighted by atomic mass is 9.71. The summed E-state index contributed by atoms with van der Waals surface area (Å²) >= 11 is 1.27. The van der Waals surface area contributed by atoms with Gasteiger partial charge in [0.1, 0.15) is 16.6 Å². The minimum absolute atomic E-state index is 0.0132. The summed E-state index contributed by atoms with van der Waals surface area (Å²) in [5, 5.41) is 9.37. The summed E-state index contributed by atoms with van der Waals surface area (Å²) in [6, 6.07) is 7.05. The van der Waals surface area contributed by atoms with Gasteiger partial charge in [-0.2, -0.15) is 0 Å². The van der Waals surface area contributed by atoms with Crippen molar-refractivity contribution in [1.82, 2.24) is 20.9 Å². The topological polar surface area (TPSA) is 117 Å². The number of aromatic nitrogens is 1. The molecule has 0 radical (unpaired) electrons. The molecule has 3 amide bonds. The lowest BCUT2D eigenvalue weighted by molar-refractivity contribution is -0.168. The number of rotatable bonds is 11. The number of nitrogens with one attached hydrogen (secondary N) is 3. The van der Waals surface area contributed by atoms with Gasteiger partial charge in [0.05, 0.1) is 6.54 Å². The maximum atomic E-state index is 13.9. The number of thiazole rings is 1. The second-order valence-corrected chi connectivity index (χ2v) is 10.8. The number of amides is 3. The maximum absolute atomic E-state index is 13.9. The fourth-order valence-electron chi connectivity index (χ4n) is 4.74. The molecule has 13 heteroatoms. The van der Waals surface area contributed by atoms with Crippen molar-refractivity contribution in [2.75, 3.05) is 0 Å². The number of carbonyl (C=O) groups is 4. The van der Waals surface area contributed by atoms with Gasteiger partial charge in [-0.05, 0) is 11.5 Å². The number of nitrogens with zero attached hydrogens (tertiary/aromatic N) is 1. The van der Waals surface area contributed by atoms with Crippen molar-refractivity contribution in [3.05, 3.63) is 52.5 Å². The van der Waals surface area contributed by atoms with E-state index in [0.29, 0.717) is 10.6 Å². The predicted molar refractivity (Wildman–Crippen MR) is 128 cm³/mol. The molecule has 0 spiro atoms. The minimum atomic E-state index is -3.24. The van der Waals surface area contributed by atoms with Gasteiger partial charge in [0.15, 0.2) is 0 Å². The van der Waals surface area contributed by atoms with Crippen LogP contribution < -0.4 is 16.0 Å². The van der Waals surface area contributed by atoms with Gasteiger partial charge in [-0.25, -0.2) is 22.5 Å². The second-order valence-electron chi connectivity index (χ2n) is 9.86. The first-order chi connectivity index (χ1) is 17.9.